The van der Waals surface area contributed by atoms with Crippen molar-refractivity contribution >= 4 is 50.7 Å². The van der Waals surface area contributed by atoms with Gasteiger partial charge in [0.05, 0.1) is 11.9 Å². The Balaban J connectivity index is 1.89. The van der Waals surface area contributed by atoms with Crippen LogP contribution in [-0.4, -0.2) is 50.0 Å². The van der Waals surface area contributed by atoms with Gasteiger partial charge in [-0.15, -0.1) is 0 Å². The second-order valence-corrected chi connectivity index (χ2v) is 12.9. The molecule has 10 heteroatoms. The van der Waals surface area contributed by atoms with Crippen molar-refractivity contribution in [2.45, 2.75) is 58.2 Å². The van der Waals surface area contributed by atoms with Crippen molar-refractivity contribution in [1.29, 1.82) is 0 Å². The Morgan fingerprint density at radius 3 is 2.20 bits per heavy atom. The number of nitrogens with one attached hydrogen (secondary N) is 1. The van der Waals surface area contributed by atoms with Crippen LogP contribution >= 0.6 is 23.2 Å². The van der Waals surface area contributed by atoms with Crippen LogP contribution in [0, 0.1) is 0 Å². The first kappa shape index (κ1) is 32.4. The van der Waals surface area contributed by atoms with E-state index in [1.165, 1.54) is 4.31 Å². The van der Waals surface area contributed by atoms with Crippen LogP contribution in [0.2, 0.25) is 10.0 Å². The zero-order chi connectivity index (χ0) is 30.0. The number of carbonyl (C=O) groups is 2. The van der Waals surface area contributed by atoms with Crippen LogP contribution in [0.1, 0.15) is 44.2 Å². The van der Waals surface area contributed by atoms with E-state index in [4.69, 9.17) is 23.2 Å². The molecule has 0 radical (unpaired) electrons. The molecule has 0 heterocycles. The largest absolute Gasteiger partial charge is 0.352 e. The minimum Gasteiger partial charge on any atom is -0.352 e. The van der Waals surface area contributed by atoms with Crippen LogP contribution in [-0.2, 0) is 32.6 Å². The molecule has 41 heavy (non-hydrogen) atoms. The van der Waals surface area contributed by atoms with Gasteiger partial charge in [-0.1, -0.05) is 78.7 Å². The molecule has 0 aliphatic rings. The first-order valence-electron chi connectivity index (χ1n) is 13.6. The lowest BCUT2D eigenvalue weighted by Gasteiger charge is -2.32. The van der Waals surface area contributed by atoms with Gasteiger partial charge < -0.3 is 10.2 Å². The summed E-state index contributed by atoms with van der Waals surface area (Å²) in [6, 6.07) is 22.5. The van der Waals surface area contributed by atoms with E-state index in [0.29, 0.717) is 22.2 Å². The number of hydrogen-bond donors (Lipinski definition) is 1. The van der Waals surface area contributed by atoms with E-state index in [9.17, 15) is 18.0 Å². The number of hydrogen-bond acceptors (Lipinski definition) is 4. The van der Waals surface area contributed by atoms with Crippen LogP contribution in [0.25, 0.3) is 0 Å². The predicted molar refractivity (Wildman–Crippen MR) is 167 cm³/mol. The van der Waals surface area contributed by atoms with Gasteiger partial charge in [0.2, 0.25) is 21.8 Å². The number of halogens is 2. The maximum Gasteiger partial charge on any atom is 0.243 e. The fourth-order valence-corrected chi connectivity index (χ4v) is 5.68. The lowest BCUT2D eigenvalue weighted by molar-refractivity contribution is -0.141. The highest BCUT2D eigenvalue weighted by molar-refractivity contribution is 7.92. The molecule has 2 atom stereocenters. The lowest BCUT2D eigenvalue weighted by Crippen LogP contribution is -2.52. The molecule has 2 amide bonds. The van der Waals surface area contributed by atoms with Gasteiger partial charge in [-0.2, -0.15) is 0 Å². The molecular weight excluding hydrogens is 581 g/mol. The fourth-order valence-electron chi connectivity index (χ4n) is 4.42. The van der Waals surface area contributed by atoms with Crippen molar-refractivity contribution in [3.05, 3.63) is 100 Å². The van der Waals surface area contributed by atoms with Crippen molar-refractivity contribution in [2.24, 2.45) is 0 Å². The maximum absolute atomic E-state index is 13.9. The van der Waals surface area contributed by atoms with Crippen molar-refractivity contribution in [1.82, 2.24) is 10.2 Å². The summed E-state index contributed by atoms with van der Waals surface area (Å²) in [6.07, 6.45) is 2.50. The first-order chi connectivity index (χ1) is 19.5. The molecule has 3 aromatic carbocycles. The third-order valence-electron chi connectivity index (χ3n) is 6.79. The predicted octanol–water partition coefficient (Wildman–Crippen LogP) is 6.09. The van der Waals surface area contributed by atoms with Gasteiger partial charge in [0.1, 0.15) is 6.04 Å². The molecule has 0 aromatic heterocycles. The number of anilines is 1. The van der Waals surface area contributed by atoms with Crippen LogP contribution in [0.4, 0.5) is 5.69 Å². The molecular formula is C31H37Cl2N3O4S. The summed E-state index contributed by atoms with van der Waals surface area (Å²) in [7, 11) is -3.62. The van der Waals surface area contributed by atoms with Crippen molar-refractivity contribution in [2.75, 3.05) is 17.1 Å². The van der Waals surface area contributed by atoms with E-state index in [1.54, 1.807) is 41.3 Å². The lowest BCUT2D eigenvalue weighted by atomic mass is 10.0. The van der Waals surface area contributed by atoms with Crippen LogP contribution in [0.5, 0.6) is 0 Å². The summed E-state index contributed by atoms with van der Waals surface area (Å²) in [4.78, 5) is 29.1. The molecule has 0 fully saturated rings. The smallest absolute Gasteiger partial charge is 0.243 e. The maximum atomic E-state index is 13.9. The summed E-state index contributed by atoms with van der Waals surface area (Å²) >= 11 is 12.2. The van der Waals surface area contributed by atoms with E-state index >= 15 is 0 Å². The minimum absolute atomic E-state index is 0.0437. The minimum atomic E-state index is -3.62. The van der Waals surface area contributed by atoms with E-state index in [-0.39, 0.29) is 43.8 Å². The molecule has 0 saturated heterocycles. The summed E-state index contributed by atoms with van der Waals surface area (Å²) in [6.45, 7) is 4.20. The standard InChI is InChI=1S/C31H37Cl2N3O4S/c1-4-23(2)34-31(38)29(20-24-10-6-5-7-11-24)35(22-25-15-17-26(32)18-16-25)30(37)14-9-19-36(41(3,39)40)28-13-8-12-27(33)21-28/h5-8,10-13,15-18,21,23,29H,4,9,14,19-20,22H2,1-3H3,(H,34,38)/t23-,29+/m0/s1. The van der Waals surface area contributed by atoms with Crippen LogP contribution < -0.4 is 9.62 Å². The van der Waals surface area contributed by atoms with Gasteiger partial charge in [-0.05, 0) is 61.2 Å². The normalized spacial score (nSPS) is 12.8. The molecule has 7 nitrogen and oxygen atoms in total. The van der Waals surface area contributed by atoms with Crippen LogP contribution in [0.3, 0.4) is 0 Å². The molecule has 0 aliphatic heterocycles. The molecule has 0 bridgehead atoms. The number of sulfonamides is 1. The zero-order valence-corrected chi connectivity index (χ0v) is 25.9. The van der Waals surface area contributed by atoms with Gasteiger partial charge in [0.25, 0.3) is 0 Å². The zero-order valence-electron chi connectivity index (χ0n) is 23.6. The quantitative estimate of drug-likeness (QED) is 0.237. The monoisotopic (exact) mass is 617 g/mol. The number of rotatable bonds is 14. The molecule has 0 spiro atoms. The number of amides is 2. The Bertz CT molecular complexity index is 1400. The highest BCUT2D eigenvalue weighted by Crippen LogP contribution is 2.23. The van der Waals surface area contributed by atoms with Crippen molar-refractivity contribution in [3.8, 4) is 0 Å². The average molecular weight is 619 g/mol. The second kappa shape index (κ2) is 15.2. The highest BCUT2D eigenvalue weighted by atomic mass is 35.5. The van der Waals surface area contributed by atoms with Crippen molar-refractivity contribution < 1.29 is 18.0 Å². The number of benzene rings is 3. The Labute approximate surface area is 253 Å². The molecule has 220 valence electrons. The molecule has 3 rings (SSSR count). The Morgan fingerprint density at radius 2 is 1.59 bits per heavy atom. The highest BCUT2D eigenvalue weighted by Gasteiger charge is 2.31. The summed E-state index contributed by atoms with van der Waals surface area (Å²) in [5.41, 5.74) is 2.18. The number of nitrogens with zero attached hydrogens (tertiary/aromatic N) is 2. The first-order valence-corrected chi connectivity index (χ1v) is 16.2. The molecule has 0 aliphatic carbocycles. The van der Waals surface area contributed by atoms with E-state index in [0.717, 1.165) is 23.8 Å². The topological polar surface area (TPSA) is 86.8 Å². The molecule has 0 unspecified atom stereocenters. The molecule has 1 N–H and O–H groups in total. The summed E-state index contributed by atoms with van der Waals surface area (Å²) in [5, 5.41) is 4.03. The third-order valence-corrected chi connectivity index (χ3v) is 8.47. The Hall–Kier alpha value is -3.07. The van der Waals surface area contributed by atoms with Gasteiger partial charge in [0, 0.05) is 42.0 Å². The van der Waals surface area contributed by atoms with E-state index < -0.39 is 16.1 Å². The Kier molecular flexibility index (Phi) is 12.1. The van der Waals surface area contributed by atoms with Crippen molar-refractivity contribution in [3.63, 3.8) is 0 Å². The Morgan fingerprint density at radius 1 is 0.902 bits per heavy atom. The average Bonchev–Trinajstić information content (AvgIpc) is 2.93. The van der Waals surface area contributed by atoms with Gasteiger partial charge in [-0.25, -0.2) is 8.42 Å². The van der Waals surface area contributed by atoms with Gasteiger partial charge in [0.15, 0.2) is 0 Å². The van der Waals surface area contributed by atoms with E-state index in [2.05, 4.69) is 5.32 Å². The SMILES string of the molecule is CC[C@H](C)NC(=O)[C@@H](Cc1ccccc1)N(Cc1ccc(Cl)cc1)C(=O)CCCN(c1cccc(Cl)c1)S(C)(=O)=O. The van der Waals surface area contributed by atoms with E-state index in [1.807, 2.05) is 56.3 Å². The summed E-state index contributed by atoms with van der Waals surface area (Å²) in [5.74, 6) is -0.484. The second-order valence-electron chi connectivity index (χ2n) is 10.1. The van der Waals surface area contributed by atoms with Crippen LogP contribution in [0.15, 0.2) is 78.9 Å². The third kappa shape index (κ3) is 10.1. The number of carbonyl (C=O) groups excluding carboxylic acids is 2. The summed E-state index contributed by atoms with van der Waals surface area (Å²) < 4.78 is 26.4. The molecule has 3 aromatic rings. The van der Waals surface area contributed by atoms with Gasteiger partial charge >= 0.3 is 0 Å². The molecule has 0 saturated carbocycles. The van der Waals surface area contributed by atoms with Gasteiger partial charge in [-0.3, -0.25) is 13.9 Å². The fraction of sp³-hybridized carbons (Fsp3) is 0.355.